The number of aromatic amines is 2. The smallest absolute Gasteiger partial charge is 0.347 e. The second kappa shape index (κ2) is 26.4. The van der Waals surface area contributed by atoms with Gasteiger partial charge >= 0.3 is 5.69 Å². The van der Waals surface area contributed by atoms with E-state index in [-0.39, 0.29) is 66.9 Å². The summed E-state index contributed by atoms with van der Waals surface area (Å²) < 4.78 is 41.4. The first-order valence-corrected chi connectivity index (χ1v) is 28.7. The van der Waals surface area contributed by atoms with Crippen molar-refractivity contribution in [2.45, 2.75) is 164 Å². The van der Waals surface area contributed by atoms with E-state index in [1.807, 2.05) is 69.6 Å². The van der Waals surface area contributed by atoms with Gasteiger partial charge in [0.1, 0.15) is 5.82 Å². The summed E-state index contributed by atoms with van der Waals surface area (Å²) in [5, 5.41) is 20.3. The topological polar surface area (TPSA) is 198 Å². The third-order valence-electron chi connectivity index (χ3n) is 14.5. The zero-order valence-corrected chi connectivity index (χ0v) is 53.8. The normalized spacial score (nSPS) is 12.9. The van der Waals surface area contributed by atoms with Gasteiger partial charge in [-0.05, 0) is 126 Å². The van der Waals surface area contributed by atoms with Crippen LogP contribution in [0.2, 0.25) is 0 Å². The molecule has 0 bridgehead atoms. The highest BCUT2D eigenvalue weighted by molar-refractivity contribution is 5.98. The SMILES string of the molecule is C=C(N)c1cc(C(C)(C)C)cc(F)c1F.C=C(N)c1cc(C(C)(C)C)ccc1F.C=C1NC=Cc2c1cccc2C(C)(C)C.CC(C)(C)c1ccc2c(c1)C(=O)NC2.CC(C)(C)c1ccc2n[nH]c(=O)n2c1.CC(C)(C)c1cccc2c(N)n[nH]c12. The van der Waals surface area contributed by atoms with E-state index in [0.29, 0.717) is 29.1 Å². The molecule has 0 saturated carbocycles. The number of nitrogen functional groups attached to an aromatic ring is 1. The number of carbonyl (C=O) groups is 1. The lowest BCUT2D eigenvalue weighted by molar-refractivity contribution is 0.0965. The highest BCUT2D eigenvalue weighted by Crippen LogP contribution is 2.34. The Morgan fingerprint density at radius 1 is 0.570 bits per heavy atom. The quantitative estimate of drug-likeness (QED) is 0.0887. The van der Waals surface area contributed by atoms with Crippen molar-refractivity contribution < 1.29 is 18.0 Å². The standard InChI is InChI=1S/C14H17N.C12H15F2N.C12H16FN.C12H15NO.C11H15N3.C10H13N3O/c1-10-11-6-5-7-13(14(2,3)4)12(11)8-9-15-10;1-7(15)9-5-8(12(2,3)4)6-10(13)11(9)14;1-8(14)10-7-9(12(2,3)4)5-6-11(10)13;1-12(2,3)9-5-4-8-7-13-11(14)10(8)6-9;1-11(2,3)8-6-4-5-7-9(8)13-14-10(7)12;1-10(2,3)7-4-5-8-11-12-9(14)13(8)6-7/h5-9,15H,1H2,2-4H3;5-6H,1,15H2,2-4H3;5-7H,1,14H2,2-4H3;4-6H,7H2,1-3H3,(H,13,14);4-6H,1-3H3,(H3,12,13,14);4-6H,1-3H3,(H,12,14). The molecule has 2 aliphatic heterocycles. The lowest BCUT2D eigenvalue weighted by Gasteiger charge is -2.26. The molecule has 1 amide bonds. The Bertz CT molecular complexity index is 3850. The lowest BCUT2D eigenvalue weighted by atomic mass is 9.81. The summed E-state index contributed by atoms with van der Waals surface area (Å²) in [6.45, 7) is 49.7. The maximum absolute atomic E-state index is 13.3. The highest BCUT2D eigenvalue weighted by atomic mass is 19.2. The summed E-state index contributed by atoms with van der Waals surface area (Å²) in [5.74, 6) is -1.50. The van der Waals surface area contributed by atoms with Crippen LogP contribution in [0, 0.1) is 17.5 Å². The Labute approximate surface area is 507 Å². The average Bonchev–Trinajstić information content (AvgIpc) is 1.68. The van der Waals surface area contributed by atoms with Crippen molar-refractivity contribution in [2.24, 2.45) is 11.5 Å². The Morgan fingerprint density at radius 3 is 1.67 bits per heavy atom. The maximum atomic E-state index is 13.3. The predicted molar refractivity (Wildman–Crippen MR) is 353 cm³/mol. The molecule has 0 saturated heterocycles. The molecule has 15 heteroatoms. The number of nitrogens with one attached hydrogen (secondary N) is 4. The second-order valence-electron chi connectivity index (χ2n) is 27.9. The number of nitrogens with two attached hydrogens (primary N) is 3. The molecule has 8 aromatic rings. The number of hydrogen-bond donors (Lipinski definition) is 7. The molecule has 10 N–H and O–H groups in total. The van der Waals surface area contributed by atoms with Gasteiger partial charge in [-0.2, -0.15) is 10.2 Å². The number of fused-ring (bicyclic) bond motifs is 4. The fourth-order valence-corrected chi connectivity index (χ4v) is 9.17. The zero-order chi connectivity index (χ0) is 64.8. The van der Waals surface area contributed by atoms with Gasteiger partial charge in [0.15, 0.2) is 23.1 Å². The molecule has 3 aromatic heterocycles. The Hall–Kier alpha value is -8.59. The molecule has 0 radical (unpaired) electrons. The van der Waals surface area contributed by atoms with Crippen molar-refractivity contribution in [2.75, 3.05) is 5.73 Å². The molecule has 458 valence electrons. The number of para-hydroxylation sites is 1. The molecule has 12 nitrogen and oxygen atoms in total. The van der Waals surface area contributed by atoms with E-state index in [2.05, 4.69) is 191 Å². The van der Waals surface area contributed by atoms with Gasteiger partial charge < -0.3 is 27.8 Å². The number of anilines is 1. The first-order valence-electron chi connectivity index (χ1n) is 28.7. The molecule has 0 aliphatic carbocycles. The number of halogens is 3. The molecule has 86 heavy (non-hydrogen) atoms. The number of benzene rings is 5. The summed E-state index contributed by atoms with van der Waals surface area (Å²) in [5.41, 5.74) is 31.3. The van der Waals surface area contributed by atoms with Crippen LogP contribution in [0.3, 0.4) is 0 Å². The number of nitrogens with zero attached hydrogens (tertiary/aromatic N) is 3. The number of hydrogen-bond acceptors (Lipinski definition) is 8. The third kappa shape index (κ3) is 17.3. The van der Waals surface area contributed by atoms with Gasteiger partial charge in [-0.3, -0.25) is 14.3 Å². The number of rotatable bonds is 2. The Morgan fingerprint density at radius 2 is 1.10 bits per heavy atom. The fraction of sp³-hybridized carbons (Fsp3) is 0.352. The molecule has 0 spiro atoms. The van der Waals surface area contributed by atoms with Gasteiger partial charge in [0.25, 0.3) is 5.91 Å². The third-order valence-corrected chi connectivity index (χ3v) is 14.5. The average molecular weight is 1170 g/mol. The minimum absolute atomic E-state index is 0.00208. The minimum Gasteiger partial charge on any atom is -0.399 e. The van der Waals surface area contributed by atoms with Crippen molar-refractivity contribution in [1.82, 2.24) is 35.4 Å². The summed E-state index contributed by atoms with van der Waals surface area (Å²) in [7, 11) is 0. The van der Waals surface area contributed by atoms with Crippen LogP contribution < -0.4 is 33.5 Å². The van der Waals surface area contributed by atoms with E-state index >= 15 is 0 Å². The zero-order valence-electron chi connectivity index (χ0n) is 53.8. The lowest BCUT2D eigenvalue weighted by Crippen LogP contribution is -2.17. The molecule has 5 aromatic carbocycles. The van der Waals surface area contributed by atoms with Gasteiger partial charge in [0, 0.05) is 63.7 Å². The van der Waals surface area contributed by atoms with Crippen LogP contribution >= 0.6 is 0 Å². The van der Waals surface area contributed by atoms with Gasteiger partial charge in [0.2, 0.25) is 0 Å². The van der Waals surface area contributed by atoms with Crippen LogP contribution in [0.25, 0.3) is 39.7 Å². The first-order chi connectivity index (χ1) is 39.5. The summed E-state index contributed by atoms with van der Waals surface area (Å²) in [6, 6.07) is 30.3. The fourth-order valence-electron chi connectivity index (χ4n) is 9.17. The van der Waals surface area contributed by atoms with Gasteiger partial charge in [-0.25, -0.2) is 23.1 Å². The van der Waals surface area contributed by atoms with Gasteiger partial charge in [-0.15, -0.1) is 0 Å². The molecule has 0 unspecified atom stereocenters. The van der Waals surface area contributed by atoms with Gasteiger partial charge in [-0.1, -0.05) is 199 Å². The molecule has 0 atom stereocenters. The minimum atomic E-state index is -0.935. The predicted octanol–water partition coefficient (Wildman–Crippen LogP) is 15.8. The van der Waals surface area contributed by atoms with Crippen LogP contribution in [0.5, 0.6) is 0 Å². The summed E-state index contributed by atoms with van der Waals surface area (Å²) in [6.07, 6.45) is 5.92. The number of carbonyl (C=O) groups excluding carboxylic acids is 1. The van der Waals surface area contributed by atoms with E-state index in [0.717, 1.165) is 38.9 Å². The number of pyridine rings is 1. The van der Waals surface area contributed by atoms with Crippen molar-refractivity contribution in [3.63, 3.8) is 0 Å². The van der Waals surface area contributed by atoms with Crippen LogP contribution in [-0.2, 0) is 39.0 Å². The number of H-pyrrole nitrogens is 2. The van der Waals surface area contributed by atoms with E-state index in [9.17, 15) is 22.8 Å². The molecular weight excluding hydrogens is 1080 g/mol. The van der Waals surface area contributed by atoms with E-state index in [4.69, 9.17) is 17.2 Å². The summed E-state index contributed by atoms with van der Waals surface area (Å²) in [4.78, 5) is 22.7. The first kappa shape index (κ1) is 68.2. The number of aromatic nitrogens is 5. The largest absolute Gasteiger partial charge is 0.399 e. The van der Waals surface area contributed by atoms with Crippen molar-refractivity contribution in [3.8, 4) is 0 Å². The van der Waals surface area contributed by atoms with Gasteiger partial charge in [0.05, 0.1) is 5.52 Å². The van der Waals surface area contributed by atoms with Crippen LogP contribution in [0.15, 0.2) is 134 Å². The molecule has 5 heterocycles. The van der Waals surface area contributed by atoms with Crippen LogP contribution in [0.1, 0.15) is 196 Å². The monoisotopic (exact) mass is 1170 g/mol. The van der Waals surface area contributed by atoms with Crippen molar-refractivity contribution in [3.05, 3.63) is 224 Å². The van der Waals surface area contributed by atoms with E-state index < -0.39 is 11.6 Å². The molecule has 2 aliphatic rings. The molecule has 0 fully saturated rings. The molecule has 10 rings (SSSR count). The molecular formula is C71H91F3N10O2. The van der Waals surface area contributed by atoms with Crippen LogP contribution in [-0.4, -0.2) is 30.7 Å². The van der Waals surface area contributed by atoms with E-state index in [1.165, 1.54) is 44.4 Å². The maximum Gasteiger partial charge on any atom is 0.347 e. The van der Waals surface area contributed by atoms with E-state index in [1.54, 1.807) is 18.2 Å². The van der Waals surface area contributed by atoms with Crippen molar-refractivity contribution in [1.29, 1.82) is 0 Å². The number of amides is 1. The van der Waals surface area contributed by atoms with Crippen LogP contribution in [0.4, 0.5) is 19.0 Å². The Balaban J connectivity index is 0.000000188. The second-order valence-corrected chi connectivity index (χ2v) is 27.9. The highest BCUT2D eigenvalue weighted by Gasteiger charge is 2.25. The Kier molecular flexibility index (Phi) is 20.9. The summed E-state index contributed by atoms with van der Waals surface area (Å²) >= 11 is 0. The van der Waals surface area contributed by atoms with Crippen molar-refractivity contribution >= 4 is 51.4 Å².